The van der Waals surface area contributed by atoms with Gasteiger partial charge in [-0.15, -0.1) is 0 Å². The van der Waals surface area contributed by atoms with E-state index in [4.69, 9.17) is 11.6 Å². The molecule has 0 unspecified atom stereocenters. The van der Waals surface area contributed by atoms with Crippen molar-refractivity contribution in [1.29, 1.82) is 0 Å². The largest absolute Gasteiger partial charge is 0.348 e. The van der Waals surface area contributed by atoms with Crippen LogP contribution >= 0.6 is 22.9 Å². The average Bonchev–Trinajstić information content (AvgIpc) is 3.42. The van der Waals surface area contributed by atoms with Crippen LogP contribution in [0.3, 0.4) is 0 Å². The standard InChI is InChI=1S/C23H22ClN3O2S/c1-15(28)27(13-16-2-3-16)22-7-5-18(10-20(22)24)21-6-4-19(12-25-21)23(29)26-11-17-8-9-30-14-17/h4-10,12,14,16H,2-3,11,13H2,1H3,(H,26,29). The van der Waals surface area contributed by atoms with Crippen LogP contribution in [0.5, 0.6) is 0 Å². The summed E-state index contributed by atoms with van der Waals surface area (Å²) in [5.74, 6) is 0.406. The number of benzene rings is 1. The molecule has 1 aromatic carbocycles. The number of nitrogens with zero attached hydrogens (tertiary/aromatic N) is 2. The monoisotopic (exact) mass is 439 g/mol. The van der Waals surface area contributed by atoms with Crippen LogP contribution in [0.25, 0.3) is 11.3 Å². The predicted molar refractivity (Wildman–Crippen MR) is 121 cm³/mol. The molecule has 4 rings (SSSR count). The molecule has 0 bridgehead atoms. The lowest BCUT2D eigenvalue weighted by Gasteiger charge is -2.22. The number of nitrogens with one attached hydrogen (secondary N) is 1. The molecule has 1 saturated carbocycles. The molecule has 1 aliphatic rings. The molecule has 154 valence electrons. The topological polar surface area (TPSA) is 62.3 Å². The van der Waals surface area contributed by atoms with Gasteiger partial charge in [0.05, 0.1) is 22.0 Å². The Morgan fingerprint density at radius 1 is 1.23 bits per heavy atom. The SMILES string of the molecule is CC(=O)N(CC1CC1)c1ccc(-c2ccc(C(=O)NCc3ccsc3)cn2)cc1Cl. The van der Waals surface area contributed by atoms with Crippen LogP contribution in [-0.2, 0) is 11.3 Å². The maximum Gasteiger partial charge on any atom is 0.253 e. The molecule has 1 fully saturated rings. The smallest absolute Gasteiger partial charge is 0.253 e. The first-order chi connectivity index (χ1) is 14.5. The summed E-state index contributed by atoms with van der Waals surface area (Å²) in [6.45, 7) is 2.77. The van der Waals surface area contributed by atoms with Crippen LogP contribution in [0.2, 0.25) is 5.02 Å². The number of anilines is 1. The maximum absolute atomic E-state index is 12.3. The molecule has 7 heteroatoms. The highest BCUT2D eigenvalue weighted by molar-refractivity contribution is 7.07. The lowest BCUT2D eigenvalue weighted by atomic mass is 10.1. The van der Waals surface area contributed by atoms with Crippen LogP contribution < -0.4 is 10.2 Å². The van der Waals surface area contributed by atoms with Gasteiger partial charge in [0.2, 0.25) is 5.91 Å². The summed E-state index contributed by atoms with van der Waals surface area (Å²) in [5, 5.41) is 7.40. The normalized spacial score (nSPS) is 13.1. The number of amides is 2. The number of carbonyl (C=O) groups is 2. The molecule has 2 amide bonds. The summed E-state index contributed by atoms with van der Waals surface area (Å²) >= 11 is 8.11. The molecular weight excluding hydrogens is 418 g/mol. The van der Waals surface area contributed by atoms with E-state index in [9.17, 15) is 9.59 Å². The van der Waals surface area contributed by atoms with Gasteiger partial charge in [0.15, 0.2) is 0 Å². The second-order valence-electron chi connectivity index (χ2n) is 7.49. The third-order valence-electron chi connectivity index (χ3n) is 5.11. The first kappa shape index (κ1) is 20.6. The second kappa shape index (κ2) is 8.98. The van der Waals surface area contributed by atoms with Crippen LogP contribution in [-0.4, -0.2) is 23.3 Å². The van der Waals surface area contributed by atoms with Gasteiger partial charge in [-0.1, -0.05) is 17.7 Å². The second-order valence-corrected chi connectivity index (χ2v) is 8.67. The van der Waals surface area contributed by atoms with Crippen molar-refractivity contribution in [2.45, 2.75) is 26.3 Å². The minimum atomic E-state index is -0.161. The Kier molecular flexibility index (Phi) is 6.16. The zero-order valence-electron chi connectivity index (χ0n) is 16.6. The molecule has 0 atom stereocenters. The summed E-state index contributed by atoms with van der Waals surface area (Å²) in [6, 6.07) is 11.1. The van der Waals surface area contributed by atoms with Gasteiger partial charge < -0.3 is 10.2 Å². The van der Waals surface area contributed by atoms with Crippen molar-refractivity contribution in [3.8, 4) is 11.3 Å². The van der Waals surface area contributed by atoms with E-state index in [-0.39, 0.29) is 11.8 Å². The zero-order valence-corrected chi connectivity index (χ0v) is 18.2. The molecule has 0 aliphatic heterocycles. The Hall–Kier alpha value is -2.70. The molecule has 2 aromatic heterocycles. The van der Waals surface area contributed by atoms with E-state index < -0.39 is 0 Å². The van der Waals surface area contributed by atoms with Crippen LogP contribution in [0.1, 0.15) is 35.7 Å². The lowest BCUT2D eigenvalue weighted by Crippen LogP contribution is -2.30. The molecule has 0 spiro atoms. The number of hydrogen-bond donors (Lipinski definition) is 1. The van der Waals surface area contributed by atoms with Crippen LogP contribution in [0.15, 0.2) is 53.4 Å². The van der Waals surface area contributed by atoms with Crippen molar-refractivity contribution >= 4 is 40.4 Å². The van der Waals surface area contributed by atoms with Crippen molar-refractivity contribution in [2.75, 3.05) is 11.4 Å². The number of hydrogen-bond acceptors (Lipinski definition) is 4. The Bertz CT molecular complexity index is 1050. The van der Waals surface area contributed by atoms with Crippen molar-refractivity contribution in [3.05, 3.63) is 69.5 Å². The zero-order chi connectivity index (χ0) is 21.1. The third-order valence-corrected chi connectivity index (χ3v) is 6.15. The van der Waals surface area contributed by atoms with E-state index >= 15 is 0 Å². The summed E-state index contributed by atoms with van der Waals surface area (Å²) in [7, 11) is 0. The number of carbonyl (C=O) groups excluding carboxylic acids is 2. The summed E-state index contributed by atoms with van der Waals surface area (Å²) in [4.78, 5) is 30.5. The Morgan fingerprint density at radius 2 is 2.07 bits per heavy atom. The highest BCUT2D eigenvalue weighted by atomic mass is 35.5. The number of thiophene rings is 1. The van der Waals surface area contributed by atoms with Gasteiger partial charge in [0, 0.05) is 31.8 Å². The average molecular weight is 440 g/mol. The Balaban J connectivity index is 1.46. The third kappa shape index (κ3) is 4.89. The van der Waals surface area contributed by atoms with E-state index in [1.807, 2.05) is 35.0 Å². The Morgan fingerprint density at radius 3 is 2.67 bits per heavy atom. The predicted octanol–water partition coefficient (Wildman–Crippen LogP) is 5.16. The number of halogens is 1. The van der Waals surface area contributed by atoms with Gasteiger partial charge in [-0.25, -0.2) is 0 Å². The number of rotatable bonds is 7. The first-order valence-corrected chi connectivity index (χ1v) is 11.2. The molecule has 5 nitrogen and oxygen atoms in total. The quantitative estimate of drug-likeness (QED) is 0.553. The molecule has 3 aromatic rings. The molecular formula is C23H22ClN3O2S. The van der Waals surface area contributed by atoms with E-state index in [2.05, 4.69) is 10.3 Å². The van der Waals surface area contributed by atoms with E-state index in [0.717, 1.165) is 35.3 Å². The summed E-state index contributed by atoms with van der Waals surface area (Å²) in [5.41, 5.74) is 3.86. The molecule has 30 heavy (non-hydrogen) atoms. The van der Waals surface area contributed by atoms with Gasteiger partial charge in [0.1, 0.15) is 0 Å². The fraction of sp³-hybridized carbons (Fsp3) is 0.261. The molecule has 0 saturated heterocycles. The fourth-order valence-electron chi connectivity index (χ4n) is 3.22. The molecule has 1 aliphatic carbocycles. The highest BCUT2D eigenvalue weighted by Gasteiger charge is 2.27. The first-order valence-electron chi connectivity index (χ1n) is 9.84. The minimum Gasteiger partial charge on any atom is -0.348 e. The van der Waals surface area contributed by atoms with Gasteiger partial charge >= 0.3 is 0 Å². The van der Waals surface area contributed by atoms with Crippen molar-refractivity contribution < 1.29 is 9.59 Å². The minimum absolute atomic E-state index is 0.00695. The van der Waals surface area contributed by atoms with Gasteiger partial charge in [-0.3, -0.25) is 14.6 Å². The number of aromatic nitrogens is 1. The van der Waals surface area contributed by atoms with Gasteiger partial charge in [0.25, 0.3) is 5.91 Å². The van der Waals surface area contributed by atoms with Gasteiger partial charge in [-0.2, -0.15) is 11.3 Å². The van der Waals surface area contributed by atoms with Crippen molar-refractivity contribution in [1.82, 2.24) is 10.3 Å². The molecule has 1 N–H and O–H groups in total. The summed E-state index contributed by atoms with van der Waals surface area (Å²) in [6.07, 6.45) is 3.89. The van der Waals surface area contributed by atoms with E-state index in [1.54, 1.807) is 41.5 Å². The van der Waals surface area contributed by atoms with Crippen LogP contribution in [0, 0.1) is 5.92 Å². The highest BCUT2D eigenvalue weighted by Crippen LogP contribution is 2.35. The van der Waals surface area contributed by atoms with Crippen LogP contribution in [0.4, 0.5) is 5.69 Å². The summed E-state index contributed by atoms with van der Waals surface area (Å²) < 4.78 is 0. The van der Waals surface area contributed by atoms with Gasteiger partial charge in [-0.05, 0) is 65.4 Å². The van der Waals surface area contributed by atoms with Crippen molar-refractivity contribution in [3.63, 3.8) is 0 Å². The van der Waals surface area contributed by atoms with E-state index in [0.29, 0.717) is 29.6 Å². The lowest BCUT2D eigenvalue weighted by molar-refractivity contribution is -0.116. The van der Waals surface area contributed by atoms with E-state index in [1.165, 1.54) is 0 Å². The fourth-order valence-corrected chi connectivity index (χ4v) is 4.17. The number of pyridine rings is 1. The Labute approximate surface area is 184 Å². The molecule has 2 heterocycles. The molecule has 0 radical (unpaired) electrons. The van der Waals surface area contributed by atoms with Crippen molar-refractivity contribution in [2.24, 2.45) is 5.92 Å². The maximum atomic E-state index is 12.3.